The number of hydrogen-bond donors (Lipinski definition) is 3. The van der Waals surface area contributed by atoms with E-state index in [9.17, 15) is 9.42 Å². The molecule has 2 aliphatic rings. The summed E-state index contributed by atoms with van der Waals surface area (Å²) in [5.41, 5.74) is 0.777. The minimum absolute atomic E-state index is 0.233. The van der Waals surface area contributed by atoms with Crippen LogP contribution in [0.5, 0.6) is 0 Å². The normalized spacial score (nSPS) is 29.5. The zero-order chi connectivity index (χ0) is 7.84. The quantitative estimate of drug-likeness (QED) is 0.409. The Balaban J connectivity index is 2.24. The summed E-state index contributed by atoms with van der Waals surface area (Å²) >= 11 is -1.31. The lowest BCUT2D eigenvalue weighted by Gasteiger charge is -2.28. The van der Waals surface area contributed by atoms with Gasteiger partial charge in [0.05, 0.1) is 18.9 Å². The van der Waals surface area contributed by atoms with Crippen molar-refractivity contribution in [3.05, 3.63) is 16.7 Å². The number of nitrogens with zero attached hydrogens (tertiary/aromatic N) is 1. The first-order valence-corrected chi connectivity index (χ1v) is 4.26. The maximum absolute atomic E-state index is 10.9. The van der Waals surface area contributed by atoms with Crippen molar-refractivity contribution in [1.29, 1.82) is 0 Å². The van der Waals surface area contributed by atoms with Crippen LogP contribution in [0.4, 0.5) is 0 Å². The van der Waals surface area contributed by atoms with Crippen LogP contribution in [0.25, 0.3) is 0 Å². The van der Waals surface area contributed by atoms with Gasteiger partial charge in [0.15, 0.2) is 11.2 Å². The third kappa shape index (κ3) is 1.06. The van der Waals surface area contributed by atoms with Crippen LogP contribution in [0.2, 0.25) is 0 Å². The summed E-state index contributed by atoms with van der Waals surface area (Å²) in [6.45, 7) is 0.685. The van der Waals surface area contributed by atoms with Crippen LogP contribution in [-0.4, -0.2) is 22.5 Å². The molecule has 2 heterocycles. The molecule has 0 radical (unpaired) electrons. The van der Waals surface area contributed by atoms with Crippen molar-refractivity contribution in [3.63, 3.8) is 0 Å². The van der Waals surface area contributed by atoms with Gasteiger partial charge in [-0.05, 0) is 0 Å². The van der Waals surface area contributed by atoms with Crippen molar-refractivity contribution in [1.82, 2.24) is 19.8 Å². The summed E-state index contributed by atoms with van der Waals surface area (Å²) < 4.78 is 16.0. The fraction of sp³-hybridized carbons (Fsp3) is 0.500. The van der Waals surface area contributed by atoms with E-state index in [1.807, 2.05) is 0 Å². The molecule has 11 heavy (non-hydrogen) atoms. The predicted molar refractivity (Wildman–Crippen MR) is 39.5 cm³/mol. The van der Waals surface area contributed by atoms with Crippen LogP contribution in [0.1, 0.15) is 0 Å². The largest absolute Gasteiger partial charge is 0.756 e. The van der Waals surface area contributed by atoms with Crippen molar-refractivity contribution in [3.8, 4) is 0 Å². The SMILES string of the molecule is O=S1NCC2=C(N1)N([O-])CN2. The molecule has 0 saturated heterocycles. The molecule has 0 spiro atoms. The highest BCUT2D eigenvalue weighted by atomic mass is 32.2. The van der Waals surface area contributed by atoms with Crippen molar-refractivity contribution in [2.24, 2.45) is 0 Å². The topological polar surface area (TPSA) is 79.5 Å². The highest BCUT2D eigenvalue weighted by Gasteiger charge is 2.21. The van der Waals surface area contributed by atoms with E-state index in [0.717, 1.165) is 10.8 Å². The summed E-state index contributed by atoms with van der Waals surface area (Å²) in [6.07, 6.45) is 0. The molecular weight excluding hydrogens is 168 g/mol. The maximum Gasteiger partial charge on any atom is 0.195 e. The van der Waals surface area contributed by atoms with Crippen molar-refractivity contribution < 1.29 is 4.21 Å². The minimum atomic E-state index is -1.31. The Morgan fingerprint density at radius 3 is 3.27 bits per heavy atom. The Bertz CT molecular complexity index is 240. The van der Waals surface area contributed by atoms with Crippen LogP contribution in [0, 0.1) is 5.21 Å². The van der Waals surface area contributed by atoms with E-state index in [0.29, 0.717) is 12.4 Å². The Morgan fingerprint density at radius 2 is 2.45 bits per heavy atom. The van der Waals surface area contributed by atoms with E-state index in [4.69, 9.17) is 0 Å². The van der Waals surface area contributed by atoms with Gasteiger partial charge in [-0.25, -0.2) is 8.93 Å². The van der Waals surface area contributed by atoms with E-state index in [1.54, 1.807) is 0 Å². The third-order valence-electron chi connectivity index (χ3n) is 1.54. The average molecular weight is 175 g/mol. The lowest BCUT2D eigenvalue weighted by molar-refractivity contribution is 0.477. The predicted octanol–water partition coefficient (Wildman–Crippen LogP) is -1.71. The smallest absolute Gasteiger partial charge is 0.195 e. The van der Waals surface area contributed by atoms with Crippen LogP contribution < -0.4 is 14.8 Å². The molecule has 7 heteroatoms. The molecule has 0 aromatic carbocycles. The molecule has 0 bridgehead atoms. The second-order valence-corrected chi connectivity index (χ2v) is 3.26. The molecule has 0 aliphatic carbocycles. The van der Waals surface area contributed by atoms with Crippen LogP contribution in [0.3, 0.4) is 0 Å². The van der Waals surface area contributed by atoms with E-state index in [2.05, 4.69) is 14.8 Å². The van der Waals surface area contributed by atoms with Crippen molar-refractivity contribution in [2.75, 3.05) is 13.2 Å². The molecule has 0 amide bonds. The summed E-state index contributed by atoms with van der Waals surface area (Å²) in [4.78, 5) is 0. The molecule has 0 aromatic rings. The molecule has 1 atom stereocenters. The lowest BCUT2D eigenvalue weighted by Crippen LogP contribution is -2.39. The van der Waals surface area contributed by atoms with E-state index in [-0.39, 0.29) is 6.67 Å². The van der Waals surface area contributed by atoms with Gasteiger partial charge in [-0.2, -0.15) is 0 Å². The van der Waals surface area contributed by atoms with E-state index in [1.165, 1.54) is 0 Å². The first-order valence-electron chi connectivity index (χ1n) is 3.11. The van der Waals surface area contributed by atoms with Gasteiger partial charge in [0, 0.05) is 0 Å². The molecule has 3 N–H and O–H groups in total. The fourth-order valence-electron chi connectivity index (χ4n) is 1.00. The molecule has 2 rings (SSSR count). The Morgan fingerprint density at radius 1 is 1.64 bits per heavy atom. The molecular formula is C4H7N4O2S-. The van der Waals surface area contributed by atoms with Crippen molar-refractivity contribution >= 4 is 11.2 Å². The standard InChI is InChI=1S/C4H7N4O2S/c9-8-2-5-3-1-6-11(10)7-4(3)8/h5-7H,1-2H2/q-1. The zero-order valence-electron chi connectivity index (χ0n) is 5.59. The fourth-order valence-corrected chi connectivity index (χ4v) is 1.75. The van der Waals surface area contributed by atoms with Gasteiger partial charge in [-0.15, -0.1) is 0 Å². The van der Waals surface area contributed by atoms with Gasteiger partial charge in [0.2, 0.25) is 0 Å². The average Bonchev–Trinajstić information content (AvgIpc) is 2.33. The zero-order valence-corrected chi connectivity index (χ0v) is 6.40. The second-order valence-electron chi connectivity index (χ2n) is 2.23. The van der Waals surface area contributed by atoms with Crippen LogP contribution >= 0.6 is 0 Å². The van der Waals surface area contributed by atoms with Gasteiger partial charge in [-0.1, -0.05) is 0 Å². The molecule has 0 aromatic heterocycles. The summed E-state index contributed by atoms with van der Waals surface area (Å²) in [5.74, 6) is 0.391. The van der Waals surface area contributed by atoms with Gasteiger partial charge < -0.3 is 15.6 Å². The number of hydroxylamine groups is 2. The maximum atomic E-state index is 10.9. The highest BCUT2D eigenvalue weighted by molar-refractivity contribution is 7.81. The molecule has 0 saturated carbocycles. The van der Waals surface area contributed by atoms with Crippen molar-refractivity contribution in [2.45, 2.75) is 0 Å². The lowest BCUT2D eigenvalue weighted by atomic mass is 10.4. The Kier molecular flexibility index (Phi) is 1.48. The number of hydrogen-bond acceptors (Lipinski definition) is 4. The summed E-state index contributed by atoms with van der Waals surface area (Å²) in [6, 6.07) is 0. The molecule has 6 nitrogen and oxygen atoms in total. The van der Waals surface area contributed by atoms with Gasteiger partial charge in [-0.3, -0.25) is 4.72 Å². The van der Waals surface area contributed by atoms with Gasteiger partial charge in [0.25, 0.3) is 0 Å². The minimum Gasteiger partial charge on any atom is -0.756 e. The summed E-state index contributed by atoms with van der Waals surface area (Å²) in [7, 11) is 0. The number of nitrogens with one attached hydrogen (secondary N) is 3. The molecule has 1 unspecified atom stereocenters. The van der Waals surface area contributed by atoms with Crippen LogP contribution in [0.15, 0.2) is 11.5 Å². The Labute approximate surface area is 65.9 Å². The molecule has 2 aliphatic heterocycles. The van der Waals surface area contributed by atoms with E-state index >= 15 is 0 Å². The van der Waals surface area contributed by atoms with Gasteiger partial charge >= 0.3 is 0 Å². The van der Waals surface area contributed by atoms with Gasteiger partial charge in [0.1, 0.15) is 5.82 Å². The first-order chi connectivity index (χ1) is 5.27. The summed E-state index contributed by atoms with van der Waals surface area (Å²) in [5, 5.41) is 14.5. The van der Waals surface area contributed by atoms with E-state index < -0.39 is 11.2 Å². The third-order valence-corrected chi connectivity index (χ3v) is 2.33. The monoisotopic (exact) mass is 175 g/mol. The molecule has 0 fully saturated rings. The Hall–Kier alpha value is -0.790. The second kappa shape index (κ2) is 2.36. The number of rotatable bonds is 0. The van der Waals surface area contributed by atoms with Crippen LogP contribution in [-0.2, 0) is 11.2 Å². The first kappa shape index (κ1) is 6.89. The molecule has 62 valence electrons. The highest BCUT2D eigenvalue weighted by Crippen LogP contribution is 2.12.